The summed E-state index contributed by atoms with van der Waals surface area (Å²) in [6, 6.07) is 8.09. The molecule has 3 rings (SSSR count). The first-order chi connectivity index (χ1) is 12.8. The van der Waals surface area contributed by atoms with Gasteiger partial charge in [0, 0.05) is 10.4 Å². The summed E-state index contributed by atoms with van der Waals surface area (Å²) in [5.74, 6) is -2.44. The van der Waals surface area contributed by atoms with Crippen LogP contribution in [0.2, 0.25) is 0 Å². The number of thiazole rings is 1. The molecular weight excluding hydrogens is 360 g/mol. The Bertz CT molecular complexity index is 912. The number of hydrogen-bond donors (Lipinski definition) is 2. The third-order valence-corrected chi connectivity index (χ3v) is 6.16. The molecule has 0 fully saturated rings. The van der Waals surface area contributed by atoms with Gasteiger partial charge in [0.25, 0.3) is 0 Å². The van der Waals surface area contributed by atoms with Crippen LogP contribution < -0.4 is 5.32 Å². The molecule has 1 amide bonds. The Morgan fingerprint density at radius 2 is 1.63 bits per heavy atom. The van der Waals surface area contributed by atoms with E-state index in [4.69, 9.17) is 0 Å². The van der Waals surface area contributed by atoms with Gasteiger partial charge in [0.1, 0.15) is 0 Å². The fourth-order valence-corrected chi connectivity index (χ4v) is 4.29. The zero-order valence-electron chi connectivity index (χ0n) is 16.0. The van der Waals surface area contributed by atoms with Gasteiger partial charge in [-0.25, -0.2) is 4.98 Å². The van der Waals surface area contributed by atoms with Gasteiger partial charge in [-0.2, -0.15) is 0 Å². The van der Waals surface area contributed by atoms with Crippen molar-refractivity contribution in [2.45, 2.75) is 40.5 Å². The van der Waals surface area contributed by atoms with Crippen molar-refractivity contribution in [3.8, 4) is 11.3 Å². The lowest BCUT2D eigenvalue weighted by Gasteiger charge is -2.29. The summed E-state index contributed by atoms with van der Waals surface area (Å²) in [7, 11) is 0. The molecule has 1 aliphatic rings. The lowest BCUT2D eigenvalue weighted by molar-refractivity contribution is -0.146. The van der Waals surface area contributed by atoms with Gasteiger partial charge in [0.05, 0.1) is 17.5 Å². The van der Waals surface area contributed by atoms with E-state index in [9.17, 15) is 14.7 Å². The van der Waals surface area contributed by atoms with E-state index >= 15 is 0 Å². The molecule has 0 spiro atoms. The third kappa shape index (κ3) is 4.11. The van der Waals surface area contributed by atoms with E-state index in [0.717, 1.165) is 27.3 Å². The lowest BCUT2D eigenvalue weighted by atomic mass is 9.76. The number of amides is 1. The first-order valence-corrected chi connectivity index (χ1v) is 9.81. The standard InChI is InChI=1S/C21H24N2O3S/c1-11-5-7-15(8-6-11)18-14(4)27-21(22-18)23-19(24)16-9-12(2)13(3)10-17(16)20(25)26/h5-8,16-17H,9-10H2,1-4H3,(H,25,26)(H,22,23,24)/t16-,17-/m1/s1. The molecule has 27 heavy (non-hydrogen) atoms. The number of nitrogens with zero attached hydrogens (tertiary/aromatic N) is 1. The van der Waals surface area contributed by atoms with Gasteiger partial charge in [-0.1, -0.05) is 41.0 Å². The zero-order valence-corrected chi connectivity index (χ0v) is 16.8. The van der Waals surface area contributed by atoms with E-state index in [1.807, 2.05) is 52.0 Å². The van der Waals surface area contributed by atoms with Gasteiger partial charge in [-0.05, 0) is 40.5 Å². The van der Waals surface area contributed by atoms with E-state index in [2.05, 4.69) is 10.3 Å². The SMILES string of the molecule is CC1=C(C)C[C@@H](C(=O)Nc2nc(-c3ccc(C)cc3)c(C)s2)[C@H](C(=O)O)C1. The summed E-state index contributed by atoms with van der Waals surface area (Å²) in [4.78, 5) is 30.0. The van der Waals surface area contributed by atoms with Gasteiger partial charge in [-0.15, -0.1) is 11.3 Å². The summed E-state index contributed by atoms with van der Waals surface area (Å²) in [5.41, 5.74) is 5.20. The Hall–Kier alpha value is -2.47. The molecule has 1 aliphatic carbocycles. The Balaban J connectivity index is 1.81. The van der Waals surface area contributed by atoms with Gasteiger partial charge in [0.2, 0.25) is 5.91 Å². The number of allylic oxidation sites excluding steroid dienone is 2. The van der Waals surface area contributed by atoms with Crippen molar-refractivity contribution in [1.82, 2.24) is 4.98 Å². The molecule has 6 heteroatoms. The topological polar surface area (TPSA) is 79.3 Å². The highest BCUT2D eigenvalue weighted by Crippen LogP contribution is 2.36. The summed E-state index contributed by atoms with van der Waals surface area (Å²) in [5, 5.41) is 12.9. The second-order valence-electron chi connectivity index (χ2n) is 7.30. The Morgan fingerprint density at radius 1 is 1.04 bits per heavy atom. The summed E-state index contributed by atoms with van der Waals surface area (Å²) in [6.45, 7) is 7.91. The van der Waals surface area contributed by atoms with Crippen LogP contribution in [0.1, 0.15) is 37.1 Å². The summed E-state index contributed by atoms with van der Waals surface area (Å²) >= 11 is 1.41. The number of carboxylic acid groups (broad SMARTS) is 1. The van der Waals surface area contributed by atoms with Gasteiger partial charge < -0.3 is 10.4 Å². The average Bonchev–Trinajstić information content (AvgIpc) is 2.97. The maximum absolute atomic E-state index is 12.8. The normalized spacial score (nSPS) is 19.9. The predicted octanol–water partition coefficient (Wildman–Crippen LogP) is 4.81. The van der Waals surface area contributed by atoms with Crippen molar-refractivity contribution < 1.29 is 14.7 Å². The molecule has 0 aliphatic heterocycles. The maximum Gasteiger partial charge on any atom is 0.307 e. The first-order valence-electron chi connectivity index (χ1n) is 8.99. The minimum atomic E-state index is -0.919. The molecule has 1 aromatic heterocycles. The number of carbonyl (C=O) groups is 2. The molecule has 2 N–H and O–H groups in total. The average molecular weight is 385 g/mol. The number of aromatic nitrogens is 1. The van der Waals surface area contributed by atoms with Crippen LogP contribution in [0.5, 0.6) is 0 Å². The Morgan fingerprint density at radius 3 is 2.22 bits per heavy atom. The van der Waals surface area contributed by atoms with E-state index in [1.165, 1.54) is 16.9 Å². The Kier molecular flexibility index (Phi) is 5.46. The van der Waals surface area contributed by atoms with Crippen molar-refractivity contribution in [3.05, 3.63) is 45.9 Å². The molecule has 2 atom stereocenters. The number of nitrogens with one attached hydrogen (secondary N) is 1. The molecule has 1 aromatic carbocycles. The second-order valence-corrected chi connectivity index (χ2v) is 8.50. The number of hydrogen-bond acceptors (Lipinski definition) is 4. The highest BCUT2D eigenvalue weighted by Gasteiger charge is 2.37. The van der Waals surface area contributed by atoms with Crippen molar-refractivity contribution in [2.75, 3.05) is 5.32 Å². The van der Waals surface area contributed by atoms with Crippen LogP contribution in [0.25, 0.3) is 11.3 Å². The highest BCUT2D eigenvalue weighted by molar-refractivity contribution is 7.16. The minimum Gasteiger partial charge on any atom is -0.481 e. The van der Waals surface area contributed by atoms with Gasteiger partial charge in [0.15, 0.2) is 5.13 Å². The van der Waals surface area contributed by atoms with E-state index in [-0.39, 0.29) is 5.91 Å². The van der Waals surface area contributed by atoms with Crippen LogP contribution in [0.15, 0.2) is 35.4 Å². The number of rotatable bonds is 4. The zero-order chi connectivity index (χ0) is 19.7. The number of anilines is 1. The minimum absolute atomic E-state index is 0.265. The van der Waals surface area contributed by atoms with Crippen LogP contribution in [0.4, 0.5) is 5.13 Å². The lowest BCUT2D eigenvalue weighted by Crippen LogP contribution is -2.36. The van der Waals surface area contributed by atoms with E-state index in [0.29, 0.717) is 18.0 Å². The monoisotopic (exact) mass is 384 g/mol. The fourth-order valence-electron chi connectivity index (χ4n) is 3.45. The summed E-state index contributed by atoms with van der Waals surface area (Å²) < 4.78 is 0. The number of aliphatic carboxylic acids is 1. The van der Waals surface area contributed by atoms with Crippen LogP contribution in [-0.2, 0) is 9.59 Å². The highest BCUT2D eigenvalue weighted by atomic mass is 32.1. The molecule has 0 saturated carbocycles. The second kappa shape index (κ2) is 7.64. The van der Waals surface area contributed by atoms with Crippen LogP contribution in [0.3, 0.4) is 0 Å². The summed E-state index contributed by atoms with van der Waals surface area (Å²) in [6.07, 6.45) is 0.897. The maximum atomic E-state index is 12.8. The van der Waals surface area contributed by atoms with Crippen molar-refractivity contribution in [1.29, 1.82) is 0 Å². The molecule has 0 unspecified atom stereocenters. The molecule has 0 radical (unpaired) electrons. The van der Waals surface area contributed by atoms with Gasteiger partial charge >= 0.3 is 5.97 Å². The number of aryl methyl sites for hydroxylation is 2. The molecule has 0 bridgehead atoms. The van der Waals surface area contributed by atoms with Crippen molar-refractivity contribution >= 4 is 28.3 Å². The van der Waals surface area contributed by atoms with Crippen LogP contribution in [-0.4, -0.2) is 22.0 Å². The third-order valence-electron chi connectivity index (χ3n) is 5.27. The molecule has 1 heterocycles. The predicted molar refractivity (Wildman–Crippen MR) is 108 cm³/mol. The molecule has 2 aromatic rings. The van der Waals surface area contributed by atoms with E-state index in [1.54, 1.807) is 0 Å². The quantitative estimate of drug-likeness (QED) is 0.741. The molecule has 142 valence electrons. The van der Waals surface area contributed by atoms with Crippen molar-refractivity contribution in [2.24, 2.45) is 11.8 Å². The van der Waals surface area contributed by atoms with E-state index < -0.39 is 17.8 Å². The van der Waals surface area contributed by atoms with Crippen molar-refractivity contribution in [3.63, 3.8) is 0 Å². The molecule has 0 saturated heterocycles. The first kappa shape index (κ1) is 19.3. The Labute approximate surface area is 163 Å². The smallest absolute Gasteiger partial charge is 0.307 e. The number of benzene rings is 1. The number of carboxylic acids is 1. The van der Waals surface area contributed by atoms with Crippen LogP contribution >= 0.6 is 11.3 Å². The molecule has 5 nitrogen and oxygen atoms in total. The molecular formula is C21H24N2O3S. The fraction of sp³-hybridized carbons (Fsp3) is 0.381. The largest absolute Gasteiger partial charge is 0.481 e. The number of carbonyl (C=O) groups excluding carboxylic acids is 1. The van der Waals surface area contributed by atoms with Gasteiger partial charge in [-0.3, -0.25) is 9.59 Å². The van der Waals surface area contributed by atoms with Crippen LogP contribution in [0, 0.1) is 25.7 Å².